The van der Waals surface area contributed by atoms with Crippen LogP contribution < -0.4 is 4.90 Å². The summed E-state index contributed by atoms with van der Waals surface area (Å²) >= 11 is 0. The fourth-order valence-corrected chi connectivity index (χ4v) is 4.71. The molecule has 0 fully saturated rings. The lowest BCUT2D eigenvalue weighted by atomic mass is 9.83. The highest BCUT2D eigenvalue weighted by molar-refractivity contribution is 6.05. The smallest absolute Gasteiger partial charge is 0.339 e. The monoisotopic (exact) mass is 466 g/mol. The Labute approximate surface area is 203 Å². The van der Waals surface area contributed by atoms with Gasteiger partial charge < -0.3 is 14.1 Å². The number of aromatic nitrogens is 1. The molecule has 0 amide bonds. The molecule has 0 unspecified atom stereocenters. The average molecular weight is 467 g/mol. The Balaban J connectivity index is 1.39. The van der Waals surface area contributed by atoms with Crippen molar-refractivity contribution in [2.75, 3.05) is 18.6 Å². The van der Waals surface area contributed by atoms with Crippen molar-refractivity contribution in [3.63, 3.8) is 0 Å². The third-order valence-electron chi connectivity index (χ3n) is 6.51. The van der Waals surface area contributed by atoms with Gasteiger partial charge in [-0.15, -0.1) is 0 Å². The number of fused-ring (bicyclic) bond motifs is 2. The number of benzene rings is 2. The van der Waals surface area contributed by atoms with Crippen molar-refractivity contribution in [1.82, 2.24) is 4.98 Å². The Hall–Kier alpha value is -4.19. The fraction of sp³-hybridized carbons (Fsp3) is 0.207. The highest BCUT2D eigenvalue weighted by Crippen LogP contribution is 2.46. The zero-order valence-corrected chi connectivity index (χ0v) is 20.2. The van der Waals surface area contributed by atoms with Gasteiger partial charge in [-0.1, -0.05) is 50.2 Å². The molecule has 35 heavy (non-hydrogen) atoms. The summed E-state index contributed by atoms with van der Waals surface area (Å²) in [5, 5.41) is 0.655. The Morgan fingerprint density at radius 3 is 2.54 bits per heavy atom. The molecule has 2 aromatic heterocycles. The van der Waals surface area contributed by atoms with Crippen LogP contribution in [0.2, 0.25) is 0 Å². The number of hydrogen-bond donors (Lipinski definition) is 0. The van der Waals surface area contributed by atoms with E-state index >= 15 is 0 Å². The second-order valence-corrected chi connectivity index (χ2v) is 9.26. The number of likely N-dealkylation sites (N-methyl/N-ethyl adjacent to an activating group) is 1. The van der Waals surface area contributed by atoms with Crippen molar-refractivity contribution >= 4 is 28.3 Å². The number of furan rings is 1. The molecule has 3 heterocycles. The predicted molar refractivity (Wildman–Crippen MR) is 135 cm³/mol. The number of aryl methyl sites for hydroxylation is 1. The lowest BCUT2D eigenvalue weighted by molar-refractivity contribution is -0.117. The van der Waals surface area contributed by atoms with Gasteiger partial charge in [-0.2, -0.15) is 0 Å². The molecule has 6 nitrogen and oxygen atoms in total. The minimum atomic E-state index is -0.581. The summed E-state index contributed by atoms with van der Waals surface area (Å²) in [4.78, 5) is 32.6. The van der Waals surface area contributed by atoms with Gasteiger partial charge in [0.25, 0.3) is 0 Å². The highest BCUT2D eigenvalue weighted by Gasteiger charge is 2.38. The number of pyridine rings is 1. The van der Waals surface area contributed by atoms with Crippen molar-refractivity contribution in [2.45, 2.75) is 26.2 Å². The van der Waals surface area contributed by atoms with Crippen molar-refractivity contribution < 1.29 is 18.7 Å². The van der Waals surface area contributed by atoms with E-state index in [-0.39, 0.29) is 17.8 Å². The number of carbonyl (C=O) groups excluding carboxylic acids is 2. The largest absolute Gasteiger partial charge is 0.460 e. The summed E-state index contributed by atoms with van der Waals surface area (Å²) in [6.45, 7) is 5.67. The molecule has 0 saturated heterocycles. The number of esters is 1. The molecule has 0 radical (unpaired) electrons. The van der Waals surface area contributed by atoms with Crippen molar-refractivity contribution in [1.29, 1.82) is 0 Å². The first-order valence-electron chi connectivity index (χ1n) is 11.5. The molecule has 0 atom stereocenters. The van der Waals surface area contributed by atoms with Gasteiger partial charge >= 0.3 is 5.97 Å². The molecule has 0 spiro atoms. The van der Waals surface area contributed by atoms with Gasteiger partial charge in [0.2, 0.25) is 0 Å². The molecule has 4 aromatic rings. The minimum absolute atomic E-state index is 0.277. The lowest BCUT2D eigenvalue weighted by Crippen LogP contribution is -2.25. The number of allylic oxidation sites excluding steroid dienone is 1. The standard InChI is InChI=1S/C29H26N2O4/c1-18-13-14-26(35-18)24-16-21(20-9-5-7-11-23(20)30-24)28(33)34-17-19(32)15-27-29(2,3)22-10-6-8-12-25(22)31(27)4/h5-16H,17H2,1-4H3. The van der Waals surface area contributed by atoms with Crippen LogP contribution in [0.1, 0.15) is 35.5 Å². The fourth-order valence-electron chi connectivity index (χ4n) is 4.71. The molecular formula is C29H26N2O4. The van der Waals surface area contributed by atoms with Crippen LogP contribution >= 0.6 is 0 Å². The van der Waals surface area contributed by atoms with Crippen molar-refractivity contribution in [3.05, 3.63) is 95.4 Å². The maximum Gasteiger partial charge on any atom is 0.339 e. The summed E-state index contributed by atoms with van der Waals surface area (Å²) in [7, 11) is 1.94. The van der Waals surface area contributed by atoms with E-state index < -0.39 is 5.97 Å². The number of anilines is 1. The van der Waals surface area contributed by atoms with E-state index in [2.05, 4.69) is 24.9 Å². The molecule has 0 saturated carbocycles. The molecule has 0 bridgehead atoms. The first kappa shape index (κ1) is 22.6. The molecule has 6 heteroatoms. The number of nitrogens with zero attached hydrogens (tertiary/aromatic N) is 2. The Bertz CT molecular complexity index is 1500. The highest BCUT2D eigenvalue weighted by atomic mass is 16.5. The zero-order chi connectivity index (χ0) is 24.7. The summed E-state index contributed by atoms with van der Waals surface area (Å²) in [6, 6.07) is 20.7. The molecular weight excluding hydrogens is 440 g/mol. The number of ketones is 1. The van der Waals surface area contributed by atoms with E-state index in [9.17, 15) is 9.59 Å². The Morgan fingerprint density at radius 1 is 1.06 bits per heavy atom. The van der Waals surface area contributed by atoms with E-state index in [1.807, 2.05) is 73.5 Å². The van der Waals surface area contributed by atoms with Gasteiger partial charge in [-0.3, -0.25) is 4.79 Å². The van der Waals surface area contributed by atoms with Crippen LogP contribution in [-0.4, -0.2) is 30.4 Å². The normalized spacial score (nSPS) is 15.4. The van der Waals surface area contributed by atoms with Crippen molar-refractivity contribution in [3.8, 4) is 11.5 Å². The molecule has 2 aromatic carbocycles. The van der Waals surface area contributed by atoms with Crippen LogP contribution in [0.25, 0.3) is 22.4 Å². The second kappa shape index (κ2) is 8.55. The number of para-hydroxylation sites is 2. The third-order valence-corrected chi connectivity index (χ3v) is 6.51. The Kier molecular flexibility index (Phi) is 5.52. The van der Waals surface area contributed by atoms with Crippen LogP contribution in [0.15, 0.2) is 82.9 Å². The van der Waals surface area contributed by atoms with E-state index in [4.69, 9.17) is 9.15 Å². The number of ether oxygens (including phenoxy) is 1. The first-order valence-corrected chi connectivity index (χ1v) is 11.5. The minimum Gasteiger partial charge on any atom is -0.460 e. The average Bonchev–Trinajstić information content (AvgIpc) is 3.37. The summed E-state index contributed by atoms with van der Waals surface area (Å²) in [5.74, 6) is 0.456. The SMILES string of the molecule is Cc1ccc(-c2cc(C(=O)OCC(=O)C=C3N(C)c4ccccc4C3(C)C)c3ccccc3n2)o1. The number of rotatable bonds is 5. The van der Waals surface area contributed by atoms with Crippen LogP contribution in [0.4, 0.5) is 5.69 Å². The van der Waals surface area contributed by atoms with Gasteiger partial charge in [0.05, 0.1) is 11.1 Å². The molecule has 0 aliphatic carbocycles. The number of hydrogen-bond acceptors (Lipinski definition) is 6. The van der Waals surface area contributed by atoms with Crippen molar-refractivity contribution in [2.24, 2.45) is 0 Å². The molecule has 5 rings (SSSR count). The van der Waals surface area contributed by atoms with Crippen LogP contribution in [0.3, 0.4) is 0 Å². The van der Waals surface area contributed by atoms with Gasteiger partial charge in [-0.05, 0) is 42.8 Å². The maximum atomic E-state index is 13.1. The molecule has 176 valence electrons. The van der Waals surface area contributed by atoms with E-state index in [0.717, 1.165) is 22.7 Å². The van der Waals surface area contributed by atoms with Crippen LogP contribution in [0.5, 0.6) is 0 Å². The van der Waals surface area contributed by atoms with Crippen LogP contribution in [-0.2, 0) is 14.9 Å². The topological polar surface area (TPSA) is 72.6 Å². The van der Waals surface area contributed by atoms with Gasteiger partial charge in [0, 0.05) is 35.3 Å². The van der Waals surface area contributed by atoms with E-state index in [1.54, 1.807) is 12.1 Å². The summed E-state index contributed by atoms with van der Waals surface area (Å²) < 4.78 is 11.2. The lowest BCUT2D eigenvalue weighted by Gasteiger charge is -2.23. The Morgan fingerprint density at radius 2 is 1.80 bits per heavy atom. The van der Waals surface area contributed by atoms with Gasteiger partial charge in [0.15, 0.2) is 18.2 Å². The van der Waals surface area contributed by atoms with E-state index in [0.29, 0.717) is 27.9 Å². The predicted octanol–water partition coefficient (Wildman–Crippen LogP) is 5.84. The molecule has 0 N–H and O–H groups in total. The molecule has 1 aliphatic rings. The van der Waals surface area contributed by atoms with Crippen LogP contribution in [0, 0.1) is 6.92 Å². The quantitative estimate of drug-likeness (QED) is 0.272. The van der Waals surface area contributed by atoms with Gasteiger partial charge in [-0.25, -0.2) is 9.78 Å². The third kappa shape index (κ3) is 4.01. The first-order chi connectivity index (χ1) is 16.8. The number of carbonyl (C=O) groups is 2. The summed E-state index contributed by atoms with van der Waals surface area (Å²) in [5.41, 5.74) is 4.27. The second-order valence-electron chi connectivity index (χ2n) is 9.26. The van der Waals surface area contributed by atoms with E-state index in [1.165, 1.54) is 0 Å². The maximum absolute atomic E-state index is 13.1. The zero-order valence-electron chi connectivity index (χ0n) is 20.2. The summed E-state index contributed by atoms with van der Waals surface area (Å²) in [6.07, 6.45) is 1.58. The molecule has 1 aliphatic heterocycles. The van der Waals surface area contributed by atoms with Gasteiger partial charge in [0.1, 0.15) is 11.5 Å².